The van der Waals surface area contributed by atoms with Gasteiger partial charge in [0.2, 0.25) is 17.7 Å². The van der Waals surface area contributed by atoms with Crippen molar-refractivity contribution < 1.29 is 27.9 Å². The van der Waals surface area contributed by atoms with E-state index in [9.17, 15) is 28.0 Å². The number of alkyl halides is 2. The molecular weight excluding hydrogens is 740 g/mol. The average Bonchev–Trinajstić information content (AvgIpc) is 3.46. The van der Waals surface area contributed by atoms with Crippen molar-refractivity contribution in [3.8, 4) is 11.8 Å². The Kier molecular flexibility index (Phi) is 13.1. The molecule has 0 radical (unpaired) electrons. The van der Waals surface area contributed by atoms with E-state index in [2.05, 4.69) is 47.9 Å². The van der Waals surface area contributed by atoms with Crippen LogP contribution in [0, 0.1) is 28.6 Å². The van der Waals surface area contributed by atoms with E-state index >= 15 is 0 Å². The summed E-state index contributed by atoms with van der Waals surface area (Å²) in [7, 11) is 3.06. The number of imide groups is 1. The van der Waals surface area contributed by atoms with Gasteiger partial charge in [0.15, 0.2) is 0 Å². The summed E-state index contributed by atoms with van der Waals surface area (Å²) >= 11 is 0. The van der Waals surface area contributed by atoms with E-state index in [1.165, 1.54) is 34.7 Å². The van der Waals surface area contributed by atoms with Crippen LogP contribution in [0.1, 0.15) is 50.1 Å². The number of carbonyl (C=O) groups excluding carboxylic acids is 3. The van der Waals surface area contributed by atoms with Crippen LogP contribution in [0.25, 0.3) is 11.0 Å². The molecule has 2 saturated heterocycles. The number of para-hydroxylation sites is 1. The summed E-state index contributed by atoms with van der Waals surface area (Å²) in [5, 5.41) is 26.2. The maximum absolute atomic E-state index is 13.6. The molecule has 3 fully saturated rings. The number of halogens is 2. The van der Waals surface area contributed by atoms with E-state index in [-0.39, 0.29) is 53.5 Å². The van der Waals surface area contributed by atoms with Gasteiger partial charge < -0.3 is 31.0 Å². The second-order valence-corrected chi connectivity index (χ2v) is 14.4. The van der Waals surface area contributed by atoms with Gasteiger partial charge in [-0.2, -0.15) is 4.99 Å². The van der Waals surface area contributed by atoms with Crippen molar-refractivity contribution in [1.82, 2.24) is 40.2 Å². The number of carbonyl (C=O) groups is 3. The number of hydrogen-bond donors (Lipinski definition) is 6. The van der Waals surface area contributed by atoms with E-state index in [4.69, 9.17) is 15.6 Å². The number of fused-ring (bicyclic) bond motifs is 1. The highest BCUT2D eigenvalue weighted by atomic mass is 19.3. The summed E-state index contributed by atoms with van der Waals surface area (Å²) in [5.41, 5.74) is -0.0279. The number of nitrogens with zero attached hydrogens (tertiary/aromatic N) is 5. The summed E-state index contributed by atoms with van der Waals surface area (Å²) < 4.78 is 35.2. The van der Waals surface area contributed by atoms with Crippen LogP contribution in [0.2, 0.25) is 0 Å². The van der Waals surface area contributed by atoms with E-state index in [1.807, 2.05) is 12.1 Å². The quantitative estimate of drug-likeness (QED) is 0.0849. The molecule has 6 rings (SSSR count). The number of aryl methyl sites for hydroxylation is 1. The van der Waals surface area contributed by atoms with Crippen LogP contribution in [-0.2, 0) is 26.2 Å². The number of aromatic nitrogens is 2. The standard InChI is InChI=1S/C39H47F2N11O5/c1-49-34-25(5-3-7-29(34)52(39(49)56)30-12-13-31(53)47-38(30)55)6-4-16-50-17-19-51(20-18-50)23-24-8-10-26(11-9-24)45-22-28(33(43)35(40)41)46-37(54)27(21-42)36-44-15-14-32(48-36)57-2/h3,5,7,14-15,21-22,24,26,30,35,42-45H,8-13,16-20,23H2,1-2H3,(H,46,54)(H,47,53,55)/b28-22+,36-27-,42-21?,43-33?/t24-,26-,30?. The first-order chi connectivity index (χ1) is 27.5. The van der Waals surface area contributed by atoms with E-state index in [0.29, 0.717) is 29.1 Å². The molecule has 0 spiro atoms. The highest BCUT2D eigenvalue weighted by Crippen LogP contribution is 2.27. The SMILES string of the molecule is COC1=N/C(=C(/C=N)C(=O)N/C(=C/N[C@H]2CC[C@H](CN3CCN(CC#Cc4cccc5c4n(C)c(=O)n5C4CCC(=O)NC4=O)CC3)CC2)C(=N)C(F)F)NC=C1. The van der Waals surface area contributed by atoms with Gasteiger partial charge in [-0.25, -0.2) is 13.6 Å². The largest absolute Gasteiger partial charge is 0.481 e. The van der Waals surface area contributed by atoms with E-state index in [1.54, 1.807) is 13.1 Å². The van der Waals surface area contributed by atoms with Crippen molar-refractivity contribution in [3.05, 3.63) is 69.8 Å². The number of rotatable bonds is 11. The van der Waals surface area contributed by atoms with Crippen LogP contribution in [0.4, 0.5) is 8.78 Å². The number of allylic oxidation sites excluding steroid dienone is 1. The molecule has 18 heteroatoms. The van der Waals surface area contributed by atoms with Gasteiger partial charge in [0.1, 0.15) is 17.6 Å². The Morgan fingerprint density at radius 2 is 1.84 bits per heavy atom. The number of piperazine rings is 1. The number of ether oxygens (including phenoxy) is 1. The minimum atomic E-state index is -3.12. The summed E-state index contributed by atoms with van der Waals surface area (Å²) in [6.07, 6.45) is 5.79. The second-order valence-electron chi connectivity index (χ2n) is 14.4. The lowest BCUT2D eigenvalue weighted by atomic mass is 9.85. The zero-order valence-electron chi connectivity index (χ0n) is 31.9. The maximum Gasteiger partial charge on any atom is 0.329 e. The minimum Gasteiger partial charge on any atom is -0.481 e. The number of piperidine rings is 1. The van der Waals surface area contributed by atoms with Gasteiger partial charge in [-0.15, -0.1) is 0 Å². The summed E-state index contributed by atoms with van der Waals surface area (Å²) in [4.78, 5) is 59.3. The highest BCUT2D eigenvalue weighted by Gasteiger charge is 2.32. The smallest absolute Gasteiger partial charge is 0.329 e. The summed E-state index contributed by atoms with van der Waals surface area (Å²) in [6.45, 7) is 5.04. The van der Waals surface area contributed by atoms with Crippen LogP contribution in [0.5, 0.6) is 0 Å². The maximum atomic E-state index is 13.6. The monoisotopic (exact) mass is 787 g/mol. The number of amides is 3. The van der Waals surface area contributed by atoms with Crippen molar-refractivity contribution in [3.63, 3.8) is 0 Å². The Bertz CT molecular complexity index is 2160. The fourth-order valence-corrected chi connectivity index (χ4v) is 7.58. The third-order valence-corrected chi connectivity index (χ3v) is 10.7. The lowest BCUT2D eigenvalue weighted by Gasteiger charge is -2.37. The Balaban J connectivity index is 0.976. The fourth-order valence-electron chi connectivity index (χ4n) is 7.58. The van der Waals surface area contributed by atoms with Gasteiger partial charge in [-0.05, 0) is 50.2 Å². The number of imidazole rings is 1. The molecule has 0 bridgehead atoms. The number of benzene rings is 1. The molecule has 57 heavy (non-hydrogen) atoms. The van der Waals surface area contributed by atoms with Crippen molar-refractivity contribution >= 4 is 46.6 Å². The molecule has 3 aliphatic heterocycles. The van der Waals surface area contributed by atoms with E-state index in [0.717, 1.165) is 64.6 Å². The molecule has 16 nitrogen and oxygen atoms in total. The van der Waals surface area contributed by atoms with Gasteiger partial charge in [-0.1, -0.05) is 17.9 Å². The van der Waals surface area contributed by atoms with E-state index < -0.39 is 30.0 Å². The molecule has 4 heterocycles. The number of methoxy groups -OCH3 is 1. The molecule has 2 aromatic rings. The molecule has 1 aliphatic carbocycles. The predicted molar refractivity (Wildman–Crippen MR) is 210 cm³/mol. The van der Waals surface area contributed by atoms with Crippen LogP contribution in [-0.4, -0.2) is 113 Å². The normalized spacial score (nSPS) is 22.9. The molecule has 1 saturated carbocycles. The van der Waals surface area contributed by atoms with Gasteiger partial charge in [-0.3, -0.25) is 39.1 Å². The molecule has 1 aromatic carbocycles. The van der Waals surface area contributed by atoms with Crippen molar-refractivity contribution in [2.75, 3.05) is 46.4 Å². The van der Waals surface area contributed by atoms with Crippen molar-refractivity contribution in [1.29, 1.82) is 10.8 Å². The second kappa shape index (κ2) is 18.3. The Labute approximate surface area is 328 Å². The first-order valence-electron chi connectivity index (χ1n) is 18.9. The number of nitrogens with one attached hydrogen (secondary N) is 6. The van der Waals surface area contributed by atoms with Crippen molar-refractivity contribution in [2.24, 2.45) is 18.0 Å². The lowest BCUT2D eigenvalue weighted by molar-refractivity contribution is -0.135. The number of aliphatic imine (C=N–C) groups is 1. The average molecular weight is 788 g/mol. The molecule has 3 amide bonds. The first kappa shape index (κ1) is 40.7. The topological polar surface area (TPSA) is 202 Å². The zero-order chi connectivity index (χ0) is 40.6. The van der Waals surface area contributed by atoms with Crippen LogP contribution >= 0.6 is 0 Å². The highest BCUT2D eigenvalue weighted by molar-refractivity contribution is 6.15. The molecule has 1 aromatic heterocycles. The molecule has 1 unspecified atom stereocenters. The third kappa shape index (κ3) is 9.55. The third-order valence-electron chi connectivity index (χ3n) is 10.7. The van der Waals surface area contributed by atoms with Gasteiger partial charge in [0.25, 0.3) is 12.3 Å². The van der Waals surface area contributed by atoms with Crippen molar-refractivity contribution in [2.45, 2.75) is 57.0 Å². The van der Waals surface area contributed by atoms with Gasteiger partial charge in [0, 0.05) is 76.9 Å². The fraction of sp³-hybridized carbons (Fsp3) is 0.462. The molecule has 302 valence electrons. The molecular formula is C39H47F2N11O5. The minimum absolute atomic E-state index is 0.00708. The first-order valence-corrected chi connectivity index (χ1v) is 18.9. The lowest BCUT2D eigenvalue weighted by Crippen LogP contribution is -2.48. The Hall–Kier alpha value is -5.93. The summed E-state index contributed by atoms with van der Waals surface area (Å²) in [5.74, 6) is 5.52. The zero-order valence-corrected chi connectivity index (χ0v) is 31.9. The van der Waals surface area contributed by atoms with Crippen LogP contribution in [0.15, 0.2) is 63.6 Å². The number of hydrogen-bond acceptors (Lipinski definition) is 12. The predicted octanol–water partition coefficient (Wildman–Crippen LogP) is 1.70. The molecule has 6 N–H and O–H groups in total. The van der Waals surface area contributed by atoms with Gasteiger partial charge >= 0.3 is 5.69 Å². The molecule has 1 atom stereocenters. The van der Waals surface area contributed by atoms with Crippen LogP contribution in [0.3, 0.4) is 0 Å². The Morgan fingerprint density at radius 1 is 1.11 bits per heavy atom. The summed E-state index contributed by atoms with van der Waals surface area (Å²) in [6, 6.07) is 4.71. The van der Waals surface area contributed by atoms with Crippen LogP contribution < -0.4 is 27.0 Å². The Morgan fingerprint density at radius 3 is 2.53 bits per heavy atom. The van der Waals surface area contributed by atoms with Gasteiger partial charge in [0.05, 0.1) is 41.5 Å². The molecule has 4 aliphatic rings.